The van der Waals surface area contributed by atoms with Crippen molar-refractivity contribution in [3.8, 4) is 0 Å². The Kier molecular flexibility index (Phi) is 9.14. The van der Waals surface area contributed by atoms with Gasteiger partial charge in [-0.15, -0.1) is 11.8 Å². The summed E-state index contributed by atoms with van der Waals surface area (Å²) in [6, 6.07) is 10.0. The summed E-state index contributed by atoms with van der Waals surface area (Å²) in [6.07, 6.45) is 1.82. The van der Waals surface area contributed by atoms with Crippen molar-refractivity contribution in [2.45, 2.75) is 23.6 Å². The van der Waals surface area contributed by atoms with E-state index in [4.69, 9.17) is 4.74 Å². The zero-order valence-electron chi connectivity index (χ0n) is 18.1. The minimum atomic E-state index is -4.01. The SMILES string of the molecule is CSc1ccc(C(=O)COC(=O)CNS(=O)(=O)c2ccc(NC(C)=O)cc2)cc1NC(C)=O. The van der Waals surface area contributed by atoms with Gasteiger partial charge in [-0.3, -0.25) is 19.2 Å². The lowest BCUT2D eigenvalue weighted by atomic mass is 10.1. The molecule has 0 bridgehead atoms. The first kappa shape index (κ1) is 26.0. The van der Waals surface area contributed by atoms with Crippen LogP contribution in [0.2, 0.25) is 0 Å². The maximum Gasteiger partial charge on any atom is 0.321 e. The van der Waals surface area contributed by atoms with Gasteiger partial charge >= 0.3 is 5.97 Å². The molecule has 0 aliphatic carbocycles. The second-order valence-corrected chi connectivity index (χ2v) is 9.33. The van der Waals surface area contributed by atoms with Crippen LogP contribution >= 0.6 is 11.8 Å². The van der Waals surface area contributed by atoms with Gasteiger partial charge in [0.25, 0.3) is 0 Å². The van der Waals surface area contributed by atoms with Gasteiger partial charge < -0.3 is 15.4 Å². The number of thioether (sulfide) groups is 1. The van der Waals surface area contributed by atoms with Gasteiger partial charge in [-0.2, -0.15) is 4.72 Å². The minimum absolute atomic E-state index is 0.111. The number of amides is 2. The Labute approximate surface area is 195 Å². The van der Waals surface area contributed by atoms with E-state index < -0.39 is 34.9 Å². The highest BCUT2D eigenvalue weighted by Gasteiger charge is 2.18. The first-order valence-corrected chi connectivity index (χ1v) is 12.2. The Morgan fingerprint density at radius 3 is 2.15 bits per heavy atom. The average Bonchev–Trinajstić information content (AvgIpc) is 2.75. The molecule has 0 saturated heterocycles. The average molecular weight is 494 g/mol. The molecule has 0 radical (unpaired) electrons. The molecule has 0 unspecified atom stereocenters. The number of sulfonamides is 1. The molecule has 0 aromatic heterocycles. The maximum absolute atomic E-state index is 12.4. The Balaban J connectivity index is 1.92. The maximum atomic E-state index is 12.4. The number of hydrogen-bond acceptors (Lipinski definition) is 8. The van der Waals surface area contributed by atoms with Crippen LogP contribution in [0.4, 0.5) is 11.4 Å². The lowest BCUT2D eigenvalue weighted by Gasteiger charge is -2.11. The highest BCUT2D eigenvalue weighted by Crippen LogP contribution is 2.26. The minimum Gasteiger partial charge on any atom is -0.456 e. The molecule has 0 heterocycles. The highest BCUT2D eigenvalue weighted by atomic mass is 32.2. The van der Waals surface area contributed by atoms with Crippen LogP contribution in [0.3, 0.4) is 0 Å². The lowest BCUT2D eigenvalue weighted by Crippen LogP contribution is -2.31. The molecule has 0 saturated carbocycles. The molecular weight excluding hydrogens is 470 g/mol. The van der Waals surface area contributed by atoms with Crippen molar-refractivity contribution in [2.24, 2.45) is 0 Å². The fraction of sp³-hybridized carbons (Fsp3) is 0.238. The first-order valence-electron chi connectivity index (χ1n) is 9.53. The summed E-state index contributed by atoms with van der Waals surface area (Å²) >= 11 is 1.39. The summed E-state index contributed by atoms with van der Waals surface area (Å²) in [5.41, 5.74) is 1.11. The third-order valence-corrected chi connectivity index (χ3v) is 6.30. The number of rotatable bonds is 10. The Hall–Kier alpha value is -3.22. The Bertz CT molecular complexity index is 1160. The summed E-state index contributed by atoms with van der Waals surface area (Å²) in [5, 5.41) is 5.14. The number of benzene rings is 2. The number of carbonyl (C=O) groups excluding carboxylic acids is 4. The van der Waals surface area contributed by atoms with Gasteiger partial charge in [0.1, 0.15) is 6.54 Å². The van der Waals surface area contributed by atoms with Gasteiger partial charge in [0, 0.05) is 30.0 Å². The van der Waals surface area contributed by atoms with Gasteiger partial charge in [-0.05, 0) is 42.7 Å². The van der Waals surface area contributed by atoms with Gasteiger partial charge in [0.05, 0.1) is 10.6 Å². The van der Waals surface area contributed by atoms with Gasteiger partial charge in [0.15, 0.2) is 12.4 Å². The zero-order valence-corrected chi connectivity index (χ0v) is 19.8. The number of ether oxygens (including phenoxy) is 1. The number of esters is 1. The molecular formula is C21H23N3O7S2. The molecule has 2 aromatic carbocycles. The lowest BCUT2D eigenvalue weighted by molar-refractivity contribution is -0.141. The van der Waals surface area contributed by atoms with E-state index in [1.54, 1.807) is 12.1 Å². The molecule has 2 rings (SSSR count). The van der Waals surface area contributed by atoms with Gasteiger partial charge in [0.2, 0.25) is 21.8 Å². The first-order chi connectivity index (χ1) is 15.5. The van der Waals surface area contributed by atoms with E-state index in [0.29, 0.717) is 11.4 Å². The van der Waals surface area contributed by atoms with E-state index >= 15 is 0 Å². The standard InChI is InChI=1S/C21H23N3O7S2/c1-13(25)23-16-5-7-17(8-6-16)33(29,30)22-11-21(28)31-12-19(27)15-4-9-20(32-3)18(10-15)24-14(2)26/h4-10,22H,11-12H2,1-3H3,(H,23,25)(H,24,26). The van der Waals surface area contributed by atoms with E-state index in [2.05, 4.69) is 15.4 Å². The van der Waals surface area contributed by atoms with Crippen LogP contribution in [0.1, 0.15) is 24.2 Å². The second-order valence-electron chi connectivity index (χ2n) is 6.71. The second kappa shape index (κ2) is 11.6. The smallest absolute Gasteiger partial charge is 0.321 e. The monoisotopic (exact) mass is 493 g/mol. The molecule has 2 aromatic rings. The number of hydrogen-bond donors (Lipinski definition) is 3. The molecule has 10 nitrogen and oxygen atoms in total. The number of Topliss-reactive ketones (excluding diaryl/α,β-unsaturated/α-hetero) is 1. The summed E-state index contributed by atoms with van der Waals surface area (Å²) in [7, 11) is -4.01. The van der Waals surface area contributed by atoms with E-state index in [9.17, 15) is 27.6 Å². The number of anilines is 2. The van der Waals surface area contributed by atoms with Gasteiger partial charge in [-0.1, -0.05) is 6.07 Å². The van der Waals surface area contributed by atoms with Crippen molar-refractivity contribution in [1.82, 2.24) is 4.72 Å². The van der Waals surface area contributed by atoms with Crippen LogP contribution in [-0.4, -0.2) is 51.4 Å². The third-order valence-electron chi connectivity index (χ3n) is 4.09. The predicted octanol–water partition coefficient (Wildman–Crippen LogP) is 2.03. The van der Waals surface area contributed by atoms with Crippen molar-refractivity contribution < 1.29 is 32.3 Å². The molecule has 0 aliphatic heterocycles. The Morgan fingerprint density at radius 1 is 0.939 bits per heavy atom. The number of nitrogens with one attached hydrogen (secondary N) is 3. The quantitative estimate of drug-likeness (QED) is 0.259. The molecule has 33 heavy (non-hydrogen) atoms. The molecule has 0 fully saturated rings. The number of ketones is 1. The summed E-state index contributed by atoms with van der Waals surface area (Å²) in [6.45, 7) is 1.40. The molecule has 2 amide bonds. The summed E-state index contributed by atoms with van der Waals surface area (Å²) in [4.78, 5) is 47.3. The van der Waals surface area contributed by atoms with Crippen LogP contribution in [0.25, 0.3) is 0 Å². The fourth-order valence-electron chi connectivity index (χ4n) is 2.61. The molecule has 176 valence electrons. The van der Waals surface area contributed by atoms with Crippen LogP contribution in [0.15, 0.2) is 52.3 Å². The van der Waals surface area contributed by atoms with Crippen molar-refractivity contribution in [3.05, 3.63) is 48.0 Å². The predicted molar refractivity (Wildman–Crippen MR) is 124 cm³/mol. The van der Waals surface area contributed by atoms with E-state index in [1.807, 2.05) is 6.26 Å². The van der Waals surface area contributed by atoms with Crippen molar-refractivity contribution in [3.63, 3.8) is 0 Å². The zero-order chi connectivity index (χ0) is 24.6. The van der Waals surface area contributed by atoms with Crippen LogP contribution in [-0.2, 0) is 29.1 Å². The summed E-state index contributed by atoms with van der Waals surface area (Å²) < 4.78 is 31.6. The normalized spacial score (nSPS) is 10.9. The fourth-order valence-corrected chi connectivity index (χ4v) is 4.11. The topological polar surface area (TPSA) is 148 Å². The van der Waals surface area contributed by atoms with Crippen molar-refractivity contribution in [2.75, 3.05) is 30.0 Å². The van der Waals surface area contributed by atoms with E-state index in [1.165, 1.54) is 55.9 Å². The number of carbonyl (C=O) groups is 4. The highest BCUT2D eigenvalue weighted by molar-refractivity contribution is 7.98. The molecule has 3 N–H and O–H groups in total. The largest absolute Gasteiger partial charge is 0.456 e. The van der Waals surface area contributed by atoms with Crippen LogP contribution in [0, 0.1) is 0 Å². The van der Waals surface area contributed by atoms with Crippen LogP contribution in [0.5, 0.6) is 0 Å². The summed E-state index contributed by atoms with van der Waals surface area (Å²) in [5.74, 6) is -2.05. The van der Waals surface area contributed by atoms with Crippen LogP contribution < -0.4 is 15.4 Å². The Morgan fingerprint density at radius 2 is 1.58 bits per heavy atom. The van der Waals surface area contributed by atoms with Crippen molar-refractivity contribution in [1.29, 1.82) is 0 Å². The van der Waals surface area contributed by atoms with E-state index in [-0.39, 0.29) is 22.3 Å². The molecule has 0 aliphatic rings. The van der Waals surface area contributed by atoms with E-state index in [0.717, 1.165) is 4.90 Å². The molecule has 0 spiro atoms. The molecule has 0 atom stereocenters. The molecule has 12 heteroatoms. The van der Waals surface area contributed by atoms with Gasteiger partial charge in [-0.25, -0.2) is 8.42 Å². The van der Waals surface area contributed by atoms with Crippen molar-refractivity contribution >= 4 is 56.7 Å². The third kappa shape index (κ3) is 8.00.